The minimum Gasteiger partial charge on any atom is -0.354 e. The summed E-state index contributed by atoms with van der Waals surface area (Å²) in [5.41, 5.74) is 2.81. The lowest BCUT2D eigenvalue weighted by molar-refractivity contribution is -0.116. The number of halogens is 1. The van der Waals surface area contributed by atoms with Gasteiger partial charge >= 0.3 is 0 Å². The first-order valence-electron chi connectivity index (χ1n) is 9.45. The molecule has 1 aliphatic heterocycles. The number of amides is 1. The van der Waals surface area contributed by atoms with Gasteiger partial charge in [-0.1, -0.05) is 18.2 Å². The van der Waals surface area contributed by atoms with Crippen molar-refractivity contribution in [1.82, 2.24) is 14.5 Å². The molecule has 1 saturated heterocycles. The van der Waals surface area contributed by atoms with Crippen LogP contribution in [0.2, 0.25) is 0 Å². The first-order chi connectivity index (χ1) is 13.5. The number of benzene rings is 1. The van der Waals surface area contributed by atoms with Crippen LogP contribution in [0, 0.1) is 6.92 Å². The number of hydrogen-bond donors (Lipinski definition) is 1. The molecule has 2 aromatic heterocycles. The fraction of sp³-hybridized carbons (Fsp3) is 0.333. The van der Waals surface area contributed by atoms with Crippen LogP contribution in [0.4, 0.5) is 11.5 Å². The lowest BCUT2D eigenvalue weighted by Crippen LogP contribution is -2.44. The number of nitrogens with one attached hydrogen (secondary N) is 1. The summed E-state index contributed by atoms with van der Waals surface area (Å²) in [6.45, 7) is 6.32. The van der Waals surface area contributed by atoms with E-state index in [1.165, 1.54) is 0 Å². The van der Waals surface area contributed by atoms with Gasteiger partial charge in [-0.15, -0.1) is 0 Å². The quantitative estimate of drug-likeness (QED) is 0.672. The maximum atomic E-state index is 12.6. The van der Waals surface area contributed by atoms with E-state index in [2.05, 4.69) is 49.1 Å². The van der Waals surface area contributed by atoms with Gasteiger partial charge in [-0.05, 0) is 48.1 Å². The Balaban J connectivity index is 1.44. The predicted octanol–water partition coefficient (Wildman–Crippen LogP) is 3.50. The number of nitrogens with zero attached hydrogens (tertiary/aromatic N) is 4. The Morgan fingerprint density at radius 1 is 1.14 bits per heavy atom. The van der Waals surface area contributed by atoms with E-state index in [1.807, 2.05) is 41.8 Å². The summed E-state index contributed by atoms with van der Waals surface area (Å²) < 4.78 is 3.06. The predicted molar refractivity (Wildman–Crippen MR) is 117 cm³/mol. The molecule has 28 heavy (non-hydrogen) atoms. The number of rotatable bonds is 4. The third-order valence-corrected chi connectivity index (χ3v) is 6.32. The standard InChI is InChI=1S/C21H24BrN5O/c1-15-21(22)17-5-3-4-6-18(17)27(15)14-20(28)24-16-7-8-19(23-13-16)26-11-9-25(2)10-12-26/h3-8,13H,9-12,14H2,1-2H3,(H,24,28). The number of hydrogen-bond acceptors (Lipinski definition) is 4. The zero-order valence-corrected chi connectivity index (χ0v) is 17.7. The van der Waals surface area contributed by atoms with Gasteiger partial charge < -0.3 is 19.7 Å². The van der Waals surface area contributed by atoms with Crippen molar-refractivity contribution < 1.29 is 4.79 Å². The second-order valence-electron chi connectivity index (χ2n) is 7.25. The normalized spacial score (nSPS) is 15.2. The minimum absolute atomic E-state index is 0.0644. The number of anilines is 2. The molecule has 0 bridgehead atoms. The molecule has 6 nitrogen and oxygen atoms in total. The molecule has 0 spiro atoms. The fourth-order valence-corrected chi connectivity index (χ4v) is 4.17. The van der Waals surface area contributed by atoms with Gasteiger partial charge in [0.05, 0.1) is 11.9 Å². The molecule has 0 radical (unpaired) electrons. The summed E-state index contributed by atoms with van der Waals surface area (Å²) in [6, 6.07) is 12.0. The van der Waals surface area contributed by atoms with E-state index in [9.17, 15) is 4.79 Å². The number of pyridine rings is 1. The van der Waals surface area contributed by atoms with Crippen LogP contribution in [-0.4, -0.2) is 53.6 Å². The Hall–Kier alpha value is -2.38. The van der Waals surface area contributed by atoms with Gasteiger partial charge in [-0.3, -0.25) is 4.79 Å². The summed E-state index contributed by atoms with van der Waals surface area (Å²) in [5, 5.41) is 4.08. The number of para-hydroxylation sites is 1. The van der Waals surface area contributed by atoms with E-state index in [0.717, 1.165) is 58.8 Å². The molecule has 1 fully saturated rings. The maximum Gasteiger partial charge on any atom is 0.244 e. The third-order valence-electron chi connectivity index (χ3n) is 5.31. The number of piperazine rings is 1. The molecule has 0 aliphatic carbocycles. The van der Waals surface area contributed by atoms with Crippen LogP contribution in [0.5, 0.6) is 0 Å². The molecule has 1 amide bonds. The lowest BCUT2D eigenvalue weighted by Gasteiger charge is -2.33. The largest absolute Gasteiger partial charge is 0.354 e. The van der Waals surface area contributed by atoms with Gasteiger partial charge in [0.1, 0.15) is 12.4 Å². The van der Waals surface area contributed by atoms with Crippen molar-refractivity contribution in [2.45, 2.75) is 13.5 Å². The Morgan fingerprint density at radius 3 is 2.61 bits per heavy atom. The van der Waals surface area contributed by atoms with Crippen LogP contribution in [-0.2, 0) is 11.3 Å². The van der Waals surface area contributed by atoms with Crippen LogP contribution < -0.4 is 10.2 Å². The number of aromatic nitrogens is 2. The van der Waals surface area contributed by atoms with Gasteiger partial charge in [0, 0.05) is 47.2 Å². The van der Waals surface area contributed by atoms with Crippen LogP contribution in [0.1, 0.15) is 5.69 Å². The summed E-state index contributed by atoms with van der Waals surface area (Å²) in [6.07, 6.45) is 1.74. The Labute approximate surface area is 173 Å². The van der Waals surface area contributed by atoms with Crippen LogP contribution in [0.3, 0.4) is 0 Å². The molecule has 4 rings (SSSR count). The molecule has 1 N–H and O–H groups in total. The maximum absolute atomic E-state index is 12.6. The topological polar surface area (TPSA) is 53.4 Å². The van der Waals surface area contributed by atoms with Crippen molar-refractivity contribution in [2.24, 2.45) is 0 Å². The van der Waals surface area contributed by atoms with Crippen molar-refractivity contribution in [3.8, 4) is 0 Å². The summed E-state index contributed by atoms with van der Waals surface area (Å²) >= 11 is 3.64. The zero-order valence-electron chi connectivity index (χ0n) is 16.2. The van der Waals surface area contributed by atoms with E-state index < -0.39 is 0 Å². The SMILES string of the molecule is Cc1c(Br)c2ccccc2n1CC(=O)Nc1ccc(N2CCN(C)CC2)nc1. The summed E-state index contributed by atoms with van der Waals surface area (Å²) in [7, 11) is 2.14. The lowest BCUT2D eigenvalue weighted by atomic mass is 10.2. The van der Waals surface area contributed by atoms with Crippen molar-refractivity contribution >= 4 is 44.2 Å². The molecular formula is C21H24BrN5O. The minimum atomic E-state index is -0.0644. The van der Waals surface area contributed by atoms with Gasteiger partial charge in [0.15, 0.2) is 0 Å². The first-order valence-corrected chi connectivity index (χ1v) is 10.2. The second kappa shape index (κ2) is 7.93. The van der Waals surface area contributed by atoms with E-state index in [4.69, 9.17) is 0 Å². The smallest absolute Gasteiger partial charge is 0.244 e. The molecule has 0 saturated carbocycles. The summed E-state index contributed by atoms with van der Waals surface area (Å²) in [5.74, 6) is 0.896. The average Bonchev–Trinajstić information content (AvgIpc) is 2.94. The van der Waals surface area contributed by atoms with Gasteiger partial charge in [0.25, 0.3) is 0 Å². The number of carbonyl (C=O) groups excluding carboxylic acids is 1. The van der Waals surface area contributed by atoms with E-state index in [0.29, 0.717) is 0 Å². The Bertz CT molecular complexity index is 990. The van der Waals surface area contributed by atoms with Gasteiger partial charge in [-0.2, -0.15) is 0 Å². The highest BCUT2D eigenvalue weighted by Crippen LogP contribution is 2.30. The molecule has 3 aromatic rings. The second-order valence-corrected chi connectivity index (χ2v) is 8.04. The van der Waals surface area contributed by atoms with Crippen LogP contribution >= 0.6 is 15.9 Å². The fourth-order valence-electron chi connectivity index (χ4n) is 3.62. The highest BCUT2D eigenvalue weighted by Gasteiger charge is 2.16. The number of fused-ring (bicyclic) bond motifs is 1. The average molecular weight is 442 g/mol. The Kier molecular flexibility index (Phi) is 5.37. The first kappa shape index (κ1) is 19.0. The van der Waals surface area contributed by atoms with E-state index in [1.54, 1.807) is 6.20 Å². The van der Waals surface area contributed by atoms with Crippen molar-refractivity contribution in [3.05, 3.63) is 52.8 Å². The van der Waals surface area contributed by atoms with Crippen molar-refractivity contribution in [3.63, 3.8) is 0 Å². The molecule has 0 unspecified atom stereocenters. The molecule has 0 atom stereocenters. The summed E-state index contributed by atoms with van der Waals surface area (Å²) in [4.78, 5) is 21.7. The number of carbonyl (C=O) groups is 1. The highest BCUT2D eigenvalue weighted by molar-refractivity contribution is 9.10. The molecule has 7 heteroatoms. The monoisotopic (exact) mass is 441 g/mol. The van der Waals surface area contributed by atoms with E-state index in [-0.39, 0.29) is 12.5 Å². The van der Waals surface area contributed by atoms with Crippen LogP contribution in [0.15, 0.2) is 47.1 Å². The Morgan fingerprint density at radius 2 is 1.89 bits per heavy atom. The van der Waals surface area contributed by atoms with Gasteiger partial charge in [0.2, 0.25) is 5.91 Å². The van der Waals surface area contributed by atoms with Crippen molar-refractivity contribution in [1.29, 1.82) is 0 Å². The molecule has 146 valence electrons. The van der Waals surface area contributed by atoms with Crippen LogP contribution in [0.25, 0.3) is 10.9 Å². The molecular weight excluding hydrogens is 418 g/mol. The van der Waals surface area contributed by atoms with Crippen molar-refractivity contribution in [2.75, 3.05) is 43.4 Å². The molecule has 1 aromatic carbocycles. The van der Waals surface area contributed by atoms with E-state index >= 15 is 0 Å². The highest BCUT2D eigenvalue weighted by atomic mass is 79.9. The third kappa shape index (κ3) is 3.77. The molecule has 3 heterocycles. The molecule has 1 aliphatic rings. The zero-order chi connectivity index (χ0) is 19.7. The number of likely N-dealkylation sites (N-methyl/N-ethyl adjacent to an activating group) is 1. The van der Waals surface area contributed by atoms with Gasteiger partial charge in [-0.25, -0.2) is 4.98 Å².